The molecule has 192 valence electrons. The summed E-state index contributed by atoms with van der Waals surface area (Å²) in [6.45, 7) is 7.40. The van der Waals surface area contributed by atoms with Crippen molar-refractivity contribution in [3.05, 3.63) is 95.5 Å². The van der Waals surface area contributed by atoms with Gasteiger partial charge >= 0.3 is 6.18 Å². The number of carbonyl (C=O) groups is 1. The van der Waals surface area contributed by atoms with Gasteiger partial charge in [-0.2, -0.15) is 13.2 Å². The van der Waals surface area contributed by atoms with Crippen LogP contribution < -0.4 is 16.0 Å². The van der Waals surface area contributed by atoms with Crippen LogP contribution in [0.1, 0.15) is 40.5 Å². The van der Waals surface area contributed by atoms with Crippen LogP contribution in [0, 0.1) is 6.92 Å². The Kier molecular flexibility index (Phi) is 8.44. The molecule has 1 heterocycles. The predicted octanol–water partition coefficient (Wildman–Crippen LogP) is 6.12. The van der Waals surface area contributed by atoms with Crippen LogP contribution in [0.5, 0.6) is 0 Å². The highest BCUT2D eigenvalue weighted by molar-refractivity contribution is 6.06. The number of benzene rings is 2. The first-order chi connectivity index (χ1) is 17.5. The second-order valence-corrected chi connectivity index (χ2v) is 8.06. The third-order valence-electron chi connectivity index (χ3n) is 5.51. The molecule has 3 aromatic rings. The Morgan fingerprint density at radius 1 is 1.22 bits per heavy atom. The summed E-state index contributed by atoms with van der Waals surface area (Å²) in [6, 6.07) is 11.2. The largest absolute Gasteiger partial charge is 0.416 e. The van der Waals surface area contributed by atoms with E-state index in [1.807, 2.05) is 13.8 Å². The fraction of sp³-hybridized carbons (Fsp3) is 0.185. The molecule has 0 saturated carbocycles. The minimum atomic E-state index is -4.54. The van der Waals surface area contributed by atoms with Crippen LogP contribution in [0.25, 0.3) is 5.70 Å². The lowest BCUT2D eigenvalue weighted by Gasteiger charge is -2.20. The molecule has 1 amide bonds. The Morgan fingerprint density at radius 3 is 2.65 bits per heavy atom. The number of rotatable bonds is 8. The van der Waals surface area contributed by atoms with Crippen LogP contribution in [-0.4, -0.2) is 29.1 Å². The van der Waals surface area contributed by atoms with E-state index >= 15 is 0 Å². The lowest BCUT2D eigenvalue weighted by atomic mass is 10.1. The van der Waals surface area contributed by atoms with Gasteiger partial charge in [0, 0.05) is 36.4 Å². The summed E-state index contributed by atoms with van der Waals surface area (Å²) in [7, 11) is 1.50. The molecule has 0 spiro atoms. The highest BCUT2D eigenvalue weighted by Gasteiger charge is 2.31. The summed E-state index contributed by atoms with van der Waals surface area (Å²) in [6.07, 6.45) is 0.720. The standard InChI is InChI=1S/C27H27F3N6O/c1-5-13-32-21(6-2)24(31)22-12-14-33-26(34-22)35-23-16-20(11-10-17(23)3)36(4)25(37)18-8-7-9-19(15-18)27(28,29)30/h5,7-16H,1,6,31H2,2-4H3,(H,33,34,35)/b24-21-,32-13?. The number of nitrogens with two attached hydrogens (primary N) is 1. The Hall–Kier alpha value is -4.47. The zero-order valence-corrected chi connectivity index (χ0v) is 20.7. The van der Waals surface area contributed by atoms with Crippen molar-refractivity contribution >= 4 is 35.1 Å². The van der Waals surface area contributed by atoms with E-state index in [2.05, 4.69) is 26.9 Å². The molecule has 3 N–H and O–H groups in total. The smallest absolute Gasteiger partial charge is 0.395 e. The van der Waals surface area contributed by atoms with Gasteiger partial charge < -0.3 is 16.0 Å². The third-order valence-corrected chi connectivity index (χ3v) is 5.51. The lowest BCUT2D eigenvalue weighted by molar-refractivity contribution is -0.137. The molecule has 0 bridgehead atoms. The predicted molar refractivity (Wildman–Crippen MR) is 141 cm³/mol. The van der Waals surface area contributed by atoms with Gasteiger partial charge in [-0.25, -0.2) is 9.97 Å². The Bertz CT molecular complexity index is 1360. The number of amides is 1. The van der Waals surface area contributed by atoms with Gasteiger partial charge in [-0.15, -0.1) is 0 Å². The van der Waals surface area contributed by atoms with Gasteiger partial charge in [-0.05, 0) is 55.3 Å². The normalized spacial score (nSPS) is 12.3. The van der Waals surface area contributed by atoms with E-state index in [0.717, 1.165) is 17.7 Å². The highest BCUT2D eigenvalue weighted by atomic mass is 19.4. The average Bonchev–Trinajstić information content (AvgIpc) is 2.89. The maximum absolute atomic E-state index is 13.1. The Labute approximate surface area is 213 Å². The molecule has 37 heavy (non-hydrogen) atoms. The number of halogens is 3. The van der Waals surface area contributed by atoms with Crippen LogP contribution >= 0.6 is 0 Å². The van der Waals surface area contributed by atoms with Crippen molar-refractivity contribution in [1.29, 1.82) is 0 Å². The molecule has 1 aromatic heterocycles. The van der Waals surface area contributed by atoms with E-state index in [4.69, 9.17) is 5.73 Å². The maximum atomic E-state index is 13.1. The topological polar surface area (TPSA) is 96.5 Å². The van der Waals surface area contributed by atoms with Crippen LogP contribution in [-0.2, 0) is 6.18 Å². The Morgan fingerprint density at radius 2 is 1.97 bits per heavy atom. The van der Waals surface area contributed by atoms with Gasteiger partial charge in [0.1, 0.15) is 0 Å². The molecule has 0 aliphatic rings. The number of nitrogens with one attached hydrogen (secondary N) is 1. The second-order valence-electron chi connectivity index (χ2n) is 8.06. The van der Waals surface area contributed by atoms with Gasteiger partial charge in [-0.1, -0.05) is 31.7 Å². The first-order valence-electron chi connectivity index (χ1n) is 11.3. The van der Waals surface area contributed by atoms with E-state index in [1.165, 1.54) is 24.1 Å². The first kappa shape index (κ1) is 27.1. The zero-order chi connectivity index (χ0) is 27.2. The number of hydrogen-bond donors (Lipinski definition) is 2. The number of aliphatic imine (C=N–C) groups is 1. The fourth-order valence-corrected chi connectivity index (χ4v) is 3.42. The average molecular weight is 509 g/mol. The number of hydrogen-bond acceptors (Lipinski definition) is 6. The van der Waals surface area contributed by atoms with Crippen molar-refractivity contribution in [2.75, 3.05) is 17.3 Å². The van der Waals surface area contributed by atoms with Crippen molar-refractivity contribution in [1.82, 2.24) is 9.97 Å². The molecule has 0 saturated heterocycles. The third kappa shape index (κ3) is 6.60. The molecular formula is C27H27F3N6O. The molecule has 0 radical (unpaired) electrons. The van der Waals surface area contributed by atoms with Gasteiger partial charge in [-0.3, -0.25) is 9.79 Å². The number of aryl methyl sites for hydroxylation is 1. The molecule has 7 nitrogen and oxygen atoms in total. The van der Waals surface area contributed by atoms with Gasteiger partial charge in [0.05, 0.1) is 22.7 Å². The quantitative estimate of drug-likeness (QED) is 0.358. The van der Waals surface area contributed by atoms with E-state index in [0.29, 0.717) is 34.9 Å². The van der Waals surface area contributed by atoms with Gasteiger partial charge in [0.25, 0.3) is 5.91 Å². The first-order valence-corrected chi connectivity index (χ1v) is 11.3. The number of anilines is 3. The monoisotopic (exact) mass is 508 g/mol. The van der Waals surface area contributed by atoms with Crippen LogP contribution in [0.2, 0.25) is 0 Å². The van der Waals surface area contributed by atoms with Gasteiger partial charge in [0.15, 0.2) is 0 Å². The zero-order valence-electron chi connectivity index (χ0n) is 20.7. The number of aromatic nitrogens is 2. The van der Waals surface area contributed by atoms with Crippen molar-refractivity contribution in [2.24, 2.45) is 10.7 Å². The molecule has 0 atom stereocenters. The molecule has 10 heteroatoms. The summed E-state index contributed by atoms with van der Waals surface area (Å²) < 4.78 is 39.3. The van der Waals surface area contributed by atoms with E-state index in [1.54, 1.807) is 42.8 Å². The molecule has 0 aliphatic carbocycles. The summed E-state index contributed by atoms with van der Waals surface area (Å²) in [5, 5.41) is 3.13. The van der Waals surface area contributed by atoms with Crippen LogP contribution in [0.4, 0.5) is 30.5 Å². The van der Waals surface area contributed by atoms with Crippen molar-refractivity contribution < 1.29 is 18.0 Å². The lowest BCUT2D eigenvalue weighted by Crippen LogP contribution is -2.26. The van der Waals surface area contributed by atoms with E-state index in [9.17, 15) is 18.0 Å². The summed E-state index contributed by atoms with van der Waals surface area (Å²) in [4.78, 5) is 27.2. The highest BCUT2D eigenvalue weighted by Crippen LogP contribution is 2.31. The number of alkyl halides is 3. The minimum Gasteiger partial charge on any atom is -0.395 e. The number of carbonyl (C=O) groups excluding carboxylic acids is 1. The number of nitrogens with zero attached hydrogens (tertiary/aromatic N) is 4. The summed E-state index contributed by atoms with van der Waals surface area (Å²) in [5.74, 6) is -0.306. The minimum absolute atomic E-state index is 0.0726. The van der Waals surface area contributed by atoms with Crippen molar-refractivity contribution in [2.45, 2.75) is 26.4 Å². The van der Waals surface area contributed by atoms with E-state index < -0.39 is 17.6 Å². The molecule has 3 rings (SSSR count). The summed E-state index contributed by atoms with van der Waals surface area (Å²) >= 11 is 0. The second kappa shape index (κ2) is 11.5. The maximum Gasteiger partial charge on any atom is 0.416 e. The van der Waals surface area contributed by atoms with Crippen LogP contribution in [0.3, 0.4) is 0 Å². The van der Waals surface area contributed by atoms with E-state index in [-0.39, 0.29) is 11.5 Å². The Balaban J connectivity index is 1.88. The number of allylic oxidation sites excluding steroid dienone is 2. The summed E-state index contributed by atoms with van der Waals surface area (Å²) in [5.41, 5.74) is 8.78. The fourth-order valence-electron chi connectivity index (χ4n) is 3.42. The van der Waals surface area contributed by atoms with Crippen LogP contribution in [0.15, 0.2) is 78.1 Å². The molecule has 0 unspecified atom stereocenters. The molecular weight excluding hydrogens is 481 g/mol. The van der Waals surface area contributed by atoms with Crippen molar-refractivity contribution in [3.8, 4) is 0 Å². The molecule has 2 aromatic carbocycles. The van der Waals surface area contributed by atoms with Crippen molar-refractivity contribution in [3.63, 3.8) is 0 Å². The molecule has 0 fully saturated rings. The van der Waals surface area contributed by atoms with Gasteiger partial charge in [0.2, 0.25) is 5.95 Å². The molecule has 0 aliphatic heterocycles. The SMILES string of the molecule is C=CC=N/C(CC)=C(\N)c1ccnc(Nc2cc(N(C)C(=O)c3cccc(C(F)(F)F)c3)ccc2C)n1.